The summed E-state index contributed by atoms with van der Waals surface area (Å²) in [5.41, 5.74) is 1.18. The molecule has 5 aromatic rings. The first-order valence-corrected chi connectivity index (χ1v) is 11.3. The SMILES string of the molecule is O=C(CCCc1ccc2cccc3c4cccc5cccc(c1c23)c54)ON1C(=O)CCC1=O. The second-order valence-corrected chi connectivity index (χ2v) is 8.61. The van der Waals surface area contributed by atoms with E-state index in [4.69, 9.17) is 4.84 Å². The highest BCUT2D eigenvalue weighted by Gasteiger charge is 2.32. The molecule has 1 aliphatic rings. The molecule has 0 aromatic heterocycles. The van der Waals surface area contributed by atoms with E-state index in [1.165, 1.54) is 48.7 Å². The van der Waals surface area contributed by atoms with Crippen LogP contribution < -0.4 is 0 Å². The lowest BCUT2D eigenvalue weighted by Gasteiger charge is -2.17. The predicted octanol–water partition coefficient (Wildman–Crippen LogP) is 5.67. The van der Waals surface area contributed by atoms with Gasteiger partial charge in [0.25, 0.3) is 11.8 Å². The number of amides is 2. The molecule has 2 amide bonds. The van der Waals surface area contributed by atoms with Gasteiger partial charge in [0.1, 0.15) is 0 Å². The fourth-order valence-corrected chi connectivity index (χ4v) is 5.17. The molecule has 1 aliphatic heterocycles. The van der Waals surface area contributed by atoms with Gasteiger partial charge < -0.3 is 4.84 Å². The molecule has 5 heteroatoms. The van der Waals surface area contributed by atoms with Crippen molar-refractivity contribution in [2.45, 2.75) is 32.1 Å². The first-order valence-electron chi connectivity index (χ1n) is 11.3. The molecular weight excluding hydrogens is 414 g/mol. The lowest BCUT2D eigenvalue weighted by Crippen LogP contribution is -2.32. The quantitative estimate of drug-likeness (QED) is 0.203. The number of fused-ring (bicyclic) bond motifs is 2. The zero-order valence-electron chi connectivity index (χ0n) is 18.0. The highest BCUT2D eigenvalue weighted by molar-refractivity contribution is 6.33. The van der Waals surface area contributed by atoms with Gasteiger partial charge >= 0.3 is 5.97 Å². The van der Waals surface area contributed by atoms with Gasteiger partial charge in [-0.3, -0.25) is 9.59 Å². The number of hydrogen-bond acceptors (Lipinski definition) is 4. The number of benzene rings is 5. The molecule has 1 saturated heterocycles. The number of nitrogens with zero attached hydrogens (tertiary/aromatic N) is 1. The van der Waals surface area contributed by atoms with Crippen molar-refractivity contribution in [3.63, 3.8) is 0 Å². The van der Waals surface area contributed by atoms with Gasteiger partial charge in [0.15, 0.2) is 0 Å². The summed E-state index contributed by atoms with van der Waals surface area (Å²) >= 11 is 0. The molecule has 0 unspecified atom stereocenters. The number of hydroxylamine groups is 2. The number of carbonyl (C=O) groups excluding carboxylic acids is 3. The zero-order valence-corrected chi connectivity index (χ0v) is 18.0. The smallest absolute Gasteiger partial charge is 0.330 e. The van der Waals surface area contributed by atoms with Crippen LogP contribution in [0.4, 0.5) is 0 Å². The van der Waals surface area contributed by atoms with Gasteiger partial charge in [0.05, 0.1) is 0 Å². The van der Waals surface area contributed by atoms with Crippen LogP contribution in [0.3, 0.4) is 0 Å². The van der Waals surface area contributed by atoms with E-state index < -0.39 is 17.8 Å². The summed E-state index contributed by atoms with van der Waals surface area (Å²) in [5.74, 6) is -1.46. The van der Waals surface area contributed by atoms with Crippen molar-refractivity contribution in [1.29, 1.82) is 0 Å². The van der Waals surface area contributed by atoms with Crippen LogP contribution in [0.25, 0.3) is 43.1 Å². The minimum absolute atomic E-state index is 0.0991. The van der Waals surface area contributed by atoms with Crippen molar-refractivity contribution in [2.75, 3.05) is 0 Å². The van der Waals surface area contributed by atoms with Gasteiger partial charge in [-0.15, -0.1) is 5.06 Å². The lowest BCUT2D eigenvalue weighted by atomic mass is 9.87. The van der Waals surface area contributed by atoms with Crippen LogP contribution in [-0.4, -0.2) is 22.8 Å². The molecule has 5 aromatic carbocycles. The Hall–Kier alpha value is -3.99. The first kappa shape index (κ1) is 19.7. The maximum Gasteiger partial charge on any atom is 0.333 e. The molecule has 0 radical (unpaired) electrons. The third kappa shape index (κ3) is 3.11. The standard InChI is InChI=1S/C28H21NO4/c30-23-15-16-24(31)29(23)33-25(32)12-4-8-19-14-13-18-7-2-10-21-20-9-1-5-17-6-3-11-22(26(17)20)28(19)27(18)21/h1-3,5-7,9-11,13-14H,4,8,12,15-16H2. The Bertz CT molecular complexity index is 1560. The molecule has 0 saturated carbocycles. The van der Waals surface area contributed by atoms with Gasteiger partial charge in [-0.05, 0) is 61.5 Å². The van der Waals surface area contributed by atoms with Crippen molar-refractivity contribution in [3.05, 3.63) is 72.3 Å². The Morgan fingerprint density at radius 3 is 2.03 bits per heavy atom. The third-order valence-electron chi connectivity index (χ3n) is 6.62. The molecule has 5 nitrogen and oxygen atoms in total. The van der Waals surface area contributed by atoms with Crippen LogP contribution in [0, 0.1) is 0 Å². The minimum atomic E-state index is -0.554. The van der Waals surface area contributed by atoms with Gasteiger partial charge in [0, 0.05) is 19.3 Å². The number of carbonyl (C=O) groups is 3. The summed E-state index contributed by atoms with van der Waals surface area (Å²) < 4.78 is 0. The van der Waals surface area contributed by atoms with Gasteiger partial charge in [-0.1, -0.05) is 66.7 Å². The van der Waals surface area contributed by atoms with Crippen molar-refractivity contribution in [3.8, 4) is 0 Å². The Balaban J connectivity index is 1.37. The van der Waals surface area contributed by atoms with E-state index in [1.807, 2.05) is 0 Å². The number of hydrogen-bond donors (Lipinski definition) is 0. The largest absolute Gasteiger partial charge is 0.333 e. The maximum absolute atomic E-state index is 12.3. The molecule has 162 valence electrons. The van der Waals surface area contributed by atoms with Crippen molar-refractivity contribution >= 4 is 60.9 Å². The Morgan fingerprint density at radius 1 is 0.727 bits per heavy atom. The van der Waals surface area contributed by atoms with Crippen LogP contribution in [-0.2, 0) is 25.6 Å². The van der Waals surface area contributed by atoms with E-state index in [1.54, 1.807) is 0 Å². The fraction of sp³-hybridized carbons (Fsp3) is 0.179. The number of rotatable bonds is 5. The molecule has 0 atom stereocenters. The molecule has 0 aliphatic carbocycles. The van der Waals surface area contributed by atoms with Crippen LogP contribution in [0.5, 0.6) is 0 Å². The van der Waals surface area contributed by atoms with Crippen LogP contribution >= 0.6 is 0 Å². The van der Waals surface area contributed by atoms with E-state index in [-0.39, 0.29) is 19.3 Å². The fourth-order valence-electron chi connectivity index (χ4n) is 5.17. The molecule has 1 fully saturated rings. The lowest BCUT2D eigenvalue weighted by molar-refractivity contribution is -0.197. The Labute approximate surface area is 189 Å². The van der Waals surface area contributed by atoms with Crippen LogP contribution in [0.2, 0.25) is 0 Å². The average Bonchev–Trinajstić information content (AvgIpc) is 3.14. The zero-order chi connectivity index (χ0) is 22.5. The second-order valence-electron chi connectivity index (χ2n) is 8.61. The van der Waals surface area contributed by atoms with Crippen LogP contribution in [0.1, 0.15) is 31.2 Å². The highest BCUT2D eigenvalue weighted by Crippen LogP contribution is 2.41. The first-order chi connectivity index (χ1) is 16.1. The van der Waals surface area contributed by atoms with Gasteiger partial charge in [-0.25, -0.2) is 4.79 Å². The minimum Gasteiger partial charge on any atom is -0.330 e. The summed E-state index contributed by atoms with van der Waals surface area (Å²) in [6.07, 6.45) is 1.59. The van der Waals surface area contributed by atoms with E-state index in [0.29, 0.717) is 17.9 Å². The second kappa shape index (κ2) is 7.55. The van der Waals surface area contributed by atoms with E-state index in [2.05, 4.69) is 66.7 Å². The molecule has 6 rings (SSSR count). The summed E-state index contributed by atoms with van der Waals surface area (Å²) in [5, 5.41) is 10.5. The van der Waals surface area contributed by atoms with Crippen molar-refractivity contribution in [1.82, 2.24) is 5.06 Å². The summed E-state index contributed by atoms with van der Waals surface area (Å²) in [4.78, 5) is 40.6. The molecule has 0 spiro atoms. The van der Waals surface area contributed by atoms with Gasteiger partial charge in [0.2, 0.25) is 0 Å². The molecule has 0 N–H and O–H groups in total. The van der Waals surface area contributed by atoms with Crippen LogP contribution in [0.15, 0.2) is 66.7 Å². The monoisotopic (exact) mass is 435 g/mol. The normalized spacial score (nSPS) is 14.4. The topological polar surface area (TPSA) is 63.7 Å². The summed E-state index contributed by atoms with van der Waals surface area (Å²) in [7, 11) is 0. The molecular formula is C28H21NO4. The molecule has 1 heterocycles. The van der Waals surface area contributed by atoms with Crippen molar-refractivity contribution in [2.24, 2.45) is 0 Å². The highest BCUT2D eigenvalue weighted by atomic mass is 16.7. The summed E-state index contributed by atoms with van der Waals surface area (Å²) in [6, 6.07) is 23.6. The molecule has 0 bridgehead atoms. The van der Waals surface area contributed by atoms with E-state index in [9.17, 15) is 14.4 Å². The maximum atomic E-state index is 12.3. The predicted molar refractivity (Wildman–Crippen MR) is 128 cm³/mol. The number of imide groups is 1. The van der Waals surface area contributed by atoms with Crippen molar-refractivity contribution < 1.29 is 19.2 Å². The van der Waals surface area contributed by atoms with Gasteiger partial charge in [-0.2, -0.15) is 0 Å². The Kier molecular flexibility index (Phi) is 4.50. The average molecular weight is 435 g/mol. The van der Waals surface area contributed by atoms with E-state index in [0.717, 1.165) is 0 Å². The number of aryl methyl sites for hydroxylation is 1. The summed E-state index contributed by atoms with van der Waals surface area (Å²) in [6.45, 7) is 0. The Morgan fingerprint density at radius 2 is 1.33 bits per heavy atom. The molecule has 33 heavy (non-hydrogen) atoms. The van der Waals surface area contributed by atoms with E-state index >= 15 is 0 Å². The third-order valence-corrected chi connectivity index (χ3v) is 6.62.